The molecule has 0 rings (SSSR count). The van der Waals surface area contributed by atoms with Gasteiger partial charge in [-0.05, 0) is 0 Å². The first-order chi connectivity index (χ1) is 4.52. The molecule has 0 aromatic carbocycles. The highest BCUT2D eigenvalue weighted by molar-refractivity contribution is 4.70. The van der Waals surface area contributed by atoms with Gasteiger partial charge in [-0.2, -0.15) is 0 Å². The standard InChI is InChI=1S/C5H11F2NO2/c6-5(7,3-9)1-4(10)2-8/h4,9-10H,1-3,8H2. The largest absolute Gasteiger partial charge is 0.392 e. The molecule has 10 heavy (non-hydrogen) atoms. The van der Waals surface area contributed by atoms with E-state index < -0.39 is 25.1 Å². The smallest absolute Gasteiger partial charge is 0.273 e. The van der Waals surface area contributed by atoms with Gasteiger partial charge in [0.25, 0.3) is 5.92 Å². The van der Waals surface area contributed by atoms with Gasteiger partial charge in [0.15, 0.2) is 0 Å². The Kier molecular flexibility index (Phi) is 3.70. The van der Waals surface area contributed by atoms with Crippen LogP contribution in [0.3, 0.4) is 0 Å². The zero-order valence-electron chi connectivity index (χ0n) is 5.43. The van der Waals surface area contributed by atoms with Crippen LogP contribution in [0.4, 0.5) is 8.78 Å². The fraction of sp³-hybridized carbons (Fsp3) is 1.00. The lowest BCUT2D eigenvalue weighted by Gasteiger charge is -2.15. The lowest BCUT2D eigenvalue weighted by Crippen LogP contribution is -2.31. The quantitative estimate of drug-likeness (QED) is 0.504. The first-order valence-electron chi connectivity index (χ1n) is 2.88. The van der Waals surface area contributed by atoms with Crippen LogP contribution in [0.5, 0.6) is 0 Å². The van der Waals surface area contributed by atoms with Gasteiger partial charge in [-0.3, -0.25) is 0 Å². The van der Waals surface area contributed by atoms with Gasteiger partial charge in [0, 0.05) is 13.0 Å². The Morgan fingerprint density at radius 1 is 1.50 bits per heavy atom. The lowest BCUT2D eigenvalue weighted by atomic mass is 10.1. The lowest BCUT2D eigenvalue weighted by molar-refractivity contribution is -0.0799. The van der Waals surface area contributed by atoms with Gasteiger partial charge in [-0.1, -0.05) is 0 Å². The van der Waals surface area contributed by atoms with Crippen LogP contribution >= 0.6 is 0 Å². The molecule has 0 saturated carbocycles. The third-order valence-corrected chi connectivity index (χ3v) is 1.04. The average molecular weight is 155 g/mol. The van der Waals surface area contributed by atoms with Crippen LogP contribution in [0, 0.1) is 0 Å². The van der Waals surface area contributed by atoms with E-state index in [-0.39, 0.29) is 6.54 Å². The number of hydrogen-bond acceptors (Lipinski definition) is 3. The number of alkyl halides is 2. The second kappa shape index (κ2) is 3.80. The minimum Gasteiger partial charge on any atom is -0.392 e. The molecule has 0 aliphatic heterocycles. The summed E-state index contributed by atoms with van der Waals surface area (Å²) in [7, 11) is 0. The van der Waals surface area contributed by atoms with Crippen molar-refractivity contribution in [1.82, 2.24) is 0 Å². The van der Waals surface area contributed by atoms with E-state index in [9.17, 15) is 8.78 Å². The Balaban J connectivity index is 3.64. The van der Waals surface area contributed by atoms with Crippen molar-refractivity contribution in [2.45, 2.75) is 18.4 Å². The van der Waals surface area contributed by atoms with Crippen LogP contribution in [0.2, 0.25) is 0 Å². The molecule has 1 unspecified atom stereocenters. The molecule has 1 atom stereocenters. The first-order valence-corrected chi connectivity index (χ1v) is 2.88. The van der Waals surface area contributed by atoms with Crippen molar-refractivity contribution < 1.29 is 19.0 Å². The van der Waals surface area contributed by atoms with Crippen molar-refractivity contribution in [2.24, 2.45) is 5.73 Å². The van der Waals surface area contributed by atoms with E-state index in [0.717, 1.165) is 0 Å². The van der Waals surface area contributed by atoms with Crippen LogP contribution in [0.25, 0.3) is 0 Å². The summed E-state index contributed by atoms with van der Waals surface area (Å²) in [6, 6.07) is 0. The summed E-state index contributed by atoms with van der Waals surface area (Å²) in [6.45, 7) is -1.46. The van der Waals surface area contributed by atoms with Gasteiger partial charge < -0.3 is 15.9 Å². The second-order valence-electron chi connectivity index (χ2n) is 2.11. The van der Waals surface area contributed by atoms with Crippen LogP contribution < -0.4 is 5.73 Å². The fourth-order valence-electron chi connectivity index (χ4n) is 0.493. The van der Waals surface area contributed by atoms with Gasteiger partial charge >= 0.3 is 0 Å². The maximum Gasteiger partial charge on any atom is 0.273 e. The van der Waals surface area contributed by atoms with E-state index in [4.69, 9.17) is 15.9 Å². The molecule has 0 fully saturated rings. The summed E-state index contributed by atoms with van der Waals surface area (Å²) in [5.41, 5.74) is 4.87. The zero-order chi connectivity index (χ0) is 8.20. The van der Waals surface area contributed by atoms with Crippen molar-refractivity contribution >= 4 is 0 Å². The number of aliphatic hydroxyl groups is 2. The van der Waals surface area contributed by atoms with Crippen LogP contribution in [0.1, 0.15) is 6.42 Å². The summed E-state index contributed by atoms with van der Waals surface area (Å²) < 4.78 is 24.2. The zero-order valence-corrected chi connectivity index (χ0v) is 5.43. The number of halogens is 2. The molecule has 0 heterocycles. The molecule has 0 bridgehead atoms. The number of hydrogen-bond donors (Lipinski definition) is 3. The van der Waals surface area contributed by atoms with E-state index in [1.807, 2.05) is 0 Å². The maximum absolute atomic E-state index is 12.1. The van der Waals surface area contributed by atoms with E-state index in [1.165, 1.54) is 0 Å². The van der Waals surface area contributed by atoms with E-state index in [2.05, 4.69) is 0 Å². The van der Waals surface area contributed by atoms with Gasteiger partial charge in [-0.15, -0.1) is 0 Å². The number of nitrogens with two attached hydrogens (primary N) is 1. The van der Waals surface area contributed by atoms with Gasteiger partial charge in [0.05, 0.1) is 6.10 Å². The average Bonchev–Trinajstić information content (AvgIpc) is 1.87. The van der Waals surface area contributed by atoms with Crippen molar-refractivity contribution in [3.8, 4) is 0 Å². The van der Waals surface area contributed by atoms with E-state index >= 15 is 0 Å². The van der Waals surface area contributed by atoms with Gasteiger partial charge in [0.1, 0.15) is 6.61 Å². The predicted molar refractivity (Wildman–Crippen MR) is 31.7 cm³/mol. The maximum atomic E-state index is 12.1. The Morgan fingerprint density at radius 2 is 2.00 bits per heavy atom. The number of aliphatic hydroxyl groups excluding tert-OH is 2. The SMILES string of the molecule is NCC(O)CC(F)(F)CO. The molecule has 0 saturated heterocycles. The monoisotopic (exact) mass is 155 g/mol. The normalized spacial score (nSPS) is 15.3. The van der Waals surface area contributed by atoms with Crippen LogP contribution in [-0.2, 0) is 0 Å². The highest BCUT2D eigenvalue weighted by Crippen LogP contribution is 2.18. The molecule has 0 radical (unpaired) electrons. The van der Waals surface area contributed by atoms with Crippen LogP contribution in [-0.4, -0.2) is 35.4 Å². The van der Waals surface area contributed by atoms with Crippen molar-refractivity contribution in [1.29, 1.82) is 0 Å². The summed E-state index contributed by atoms with van der Waals surface area (Å²) >= 11 is 0. The molecule has 3 nitrogen and oxygen atoms in total. The van der Waals surface area contributed by atoms with Gasteiger partial charge in [0.2, 0.25) is 0 Å². The third kappa shape index (κ3) is 3.71. The summed E-state index contributed by atoms with van der Waals surface area (Å²) in [6.07, 6.45) is -2.01. The van der Waals surface area contributed by atoms with E-state index in [1.54, 1.807) is 0 Å². The Labute approximate surface area is 57.5 Å². The summed E-state index contributed by atoms with van der Waals surface area (Å²) in [5.74, 6) is -3.21. The third-order valence-electron chi connectivity index (χ3n) is 1.04. The molecular weight excluding hydrogens is 144 g/mol. The van der Waals surface area contributed by atoms with Crippen molar-refractivity contribution in [2.75, 3.05) is 13.2 Å². The van der Waals surface area contributed by atoms with E-state index in [0.29, 0.717) is 0 Å². The molecular formula is C5H11F2NO2. The summed E-state index contributed by atoms with van der Waals surface area (Å²) in [5, 5.41) is 16.6. The highest BCUT2D eigenvalue weighted by atomic mass is 19.3. The minimum atomic E-state index is -3.21. The molecule has 0 aromatic rings. The number of rotatable bonds is 4. The molecule has 0 aromatic heterocycles. The molecule has 5 heteroatoms. The van der Waals surface area contributed by atoms with Gasteiger partial charge in [-0.25, -0.2) is 8.78 Å². The summed E-state index contributed by atoms with van der Waals surface area (Å²) in [4.78, 5) is 0. The molecule has 0 aliphatic carbocycles. The highest BCUT2D eigenvalue weighted by Gasteiger charge is 2.30. The topological polar surface area (TPSA) is 66.5 Å². The van der Waals surface area contributed by atoms with Crippen molar-refractivity contribution in [3.63, 3.8) is 0 Å². The minimum absolute atomic E-state index is 0.213. The molecule has 0 amide bonds. The Hall–Kier alpha value is -0.260. The van der Waals surface area contributed by atoms with Crippen molar-refractivity contribution in [3.05, 3.63) is 0 Å². The second-order valence-corrected chi connectivity index (χ2v) is 2.11. The molecule has 62 valence electrons. The fourth-order valence-corrected chi connectivity index (χ4v) is 0.493. The first kappa shape index (κ1) is 9.74. The molecule has 4 N–H and O–H groups in total. The molecule has 0 aliphatic rings. The Bertz CT molecular complexity index is 99.6. The predicted octanol–water partition coefficient (Wildman–Crippen LogP) is -0.676. The Morgan fingerprint density at radius 3 is 2.30 bits per heavy atom. The molecule has 0 spiro atoms. The van der Waals surface area contributed by atoms with Crippen LogP contribution in [0.15, 0.2) is 0 Å².